The van der Waals surface area contributed by atoms with Gasteiger partial charge in [-0.15, -0.1) is 11.8 Å². The Morgan fingerprint density at radius 2 is 1.78 bits per heavy atom. The molecule has 0 aliphatic carbocycles. The van der Waals surface area contributed by atoms with E-state index in [0.717, 1.165) is 6.26 Å². The fourth-order valence-corrected chi connectivity index (χ4v) is 4.88. The molecule has 0 saturated heterocycles. The number of sulfone groups is 1. The summed E-state index contributed by atoms with van der Waals surface area (Å²) in [6.45, 7) is 0. The van der Waals surface area contributed by atoms with E-state index in [1.54, 1.807) is 6.26 Å². The summed E-state index contributed by atoms with van der Waals surface area (Å²) in [4.78, 5) is 0.410. The zero-order valence-electron chi connectivity index (χ0n) is 9.48. The first-order chi connectivity index (χ1) is 8.04. The van der Waals surface area contributed by atoms with E-state index in [9.17, 15) is 16.8 Å². The molecular formula is C9H10Cl2O4S3. The summed E-state index contributed by atoms with van der Waals surface area (Å²) in [5.74, 6) is -0.467. The maximum absolute atomic E-state index is 11.6. The lowest BCUT2D eigenvalue weighted by Gasteiger charge is -2.10. The van der Waals surface area contributed by atoms with Gasteiger partial charge in [-0.25, -0.2) is 16.8 Å². The molecule has 4 nitrogen and oxygen atoms in total. The van der Waals surface area contributed by atoms with Crippen molar-refractivity contribution in [3.05, 3.63) is 22.7 Å². The van der Waals surface area contributed by atoms with Crippen molar-refractivity contribution in [3.8, 4) is 0 Å². The first-order valence-corrected chi connectivity index (χ1v) is 10.5. The van der Waals surface area contributed by atoms with Gasteiger partial charge < -0.3 is 0 Å². The van der Waals surface area contributed by atoms with Gasteiger partial charge in [-0.1, -0.05) is 11.6 Å². The summed E-state index contributed by atoms with van der Waals surface area (Å²) in [5, 5.41) is 0.195. The van der Waals surface area contributed by atoms with Crippen LogP contribution in [0.25, 0.3) is 0 Å². The molecule has 0 fully saturated rings. The largest absolute Gasteiger partial charge is 0.236 e. The van der Waals surface area contributed by atoms with E-state index < -0.39 is 24.6 Å². The normalized spacial score (nSPS) is 12.7. The molecule has 0 aliphatic rings. The van der Waals surface area contributed by atoms with Crippen molar-refractivity contribution in [1.82, 2.24) is 0 Å². The van der Waals surface area contributed by atoms with Gasteiger partial charge in [-0.2, -0.15) is 0 Å². The Hall–Kier alpha value is 0.0500. The predicted molar refractivity (Wildman–Crippen MR) is 74.8 cm³/mol. The van der Waals surface area contributed by atoms with Crippen LogP contribution < -0.4 is 0 Å². The molecule has 0 amide bonds. The van der Waals surface area contributed by atoms with Crippen molar-refractivity contribution in [3.63, 3.8) is 0 Å². The molecule has 0 radical (unpaired) electrons. The summed E-state index contributed by atoms with van der Waals surface area (Å²) in [6, 6.07) is 2.69. The quantitative estimate of drug-likeness (QED) is 0.617. The number of hydrogen-bond donors (Lipinski definition) is 0. The van der Waals surface area contributed by atoms with Crippen molar-refractivity contribution < 1.29 is 16.8 Å². The van der Waals surface area contributed by atoms with Crippen LogP contribution in [-0.2, 0) is 24.6 Å². The van der Waals surface area contributed by atoms with Crippen LogP contribution in [0.4, 0.5) is 0 Å². The number of thioether (sulfide) groups is 1. The first-order valence-electron chi connectivity index (χ1n) is 4.53. The van der Waals surface area contributed by atoms with E-state index in [-0.39, 0.29) is 15.5 Å². The fourth-order valence-electron chi connectivity index (χ4n) is 1.38. The molecule has 0 unspecified atom stereocenters. The molecule has 0 spiro atoms. The Balaban J connectivity index is 3.50. The molecule has 1 aromatic rings. The Morgan fingerprint density at radius 1 is 1.22 bits per heavy atom. The third-order valence-electron chi connectivity index (χ3n) is 2.01. The Kier molecular flexibility index (Phi) is 4.99. The molecule has 0 atom stereocenters. The SMILES string of the molecule is CSc1c(Cl)cc(CS(=O)(=O)Cl)cc1S(C)(=O)=O. The second-order valence-electron chi connectivity index (χ2n) is 3.56. The van der Waals surface area contributed by atoms with Gasteiger partial charge in [-0.3, -0.25) is 0 Å². The van der Waals surface area contributed by atoms with Crippen LogP contribution in [0.1, 0.15) is 5.56 Å². The molecule has 9 heteroatoms. The molecule has 0 aliphatic heterocycles. The minimum atomic E-state index is -3.76. The van der Waals surface area contributed by atoms with Gasteiger partial charge in [0.15, 0.2) is 9.84 Å². The second-order valence-corrected chi connectivity index (χ2v) is 9.55. The standard InChI is InChI=1S/C9H10Cl2O4S3/c1-16-9-7(10)3-6(5-18(11,14)15)4-8(9)17(2,12)13/h3-4H,5H2,1-2H3. The summed E-state index contributed by atoms with van der Waals surface area (Å²) in [7, 11) is -2.12. The molecule has 1 rings (SSSR count). The van der Waals surface area contributed by atoms with Crippen LogP contribution in [0.2, 0.25) is 5.02 Å². The predicted octanol–water partition coefficient (Wildman–Crippen LogP) is 2.53. The Bertz CT molecular complexity index is 665. The van der Waals surface area contributed by atoms with Crippen molar-refractivity contribution in [2.24, 2.45) is 0 Å². The number of benzene rings is 1. The Labute approximate surface area is 120 Å². The summed E-state index contributed by atoms with van der Waals surface area (Å²) < 4.78 is 45.2. The smallest absolute Gasteiger partial charge is 0.224 e. The van der Waals surface area contributed by atoms with Crippen LogP contribution >= 0.6 is 34.0 Å². The van der Waals surface area contributed by atoms with Gasteiger partial charge in [0, 0.05) is 21.8 Å². The van der Waals surface area contributed by atoms with Crippen LogP contribution in [-0.4, -0.2) is 29.3 Å². The lowest BCUT2D eigenvalue weighted by molar-refractivity contribution is 0.598. The van der Waals surface area contributed by atoms with Gasteiger partial charge in [0.2, 0.25) is 9.05 Å². The van der Waals surface area contributed by atoms with E-state index in [4.69, 9.17) is 22.3 Å². The van der Waals surface area contributed by atoms with Crippen LogP contribution in [0.5, 0.6) is 0 Å². The zero-order chi connectivity index (χ0) is 14.1. The fraction of sp³-hybridized carbons (Fsp3) is 0.333. The molecular weight excluding hydrogens is 339 g/mol. The monoisotopic (exact) mass is 348 g/mol. The van der Waals surface area contributed by atoms with Crippen LogP contribution in [0.3, 0.4) is 0 Å². The topological polar surface area (TPSA) is 68.3 Å². The van der Waals surface area contributed by atoms with E-state index in [1.165, 1.54) is 23.9 Å². The van der Waals surface area contributed by atoms with E-state index in [0.29, 0.717) is 4.90 Å². The van der Waals surface area contributed by atoms with Gasteiger partial charge >= 0.3 is 0 Å². The average Bonchev–Trinajstić information content (AvgIpc) is 2.12. The minimum Gasteiger partial charge on any atom is -0.224 e. The molecule has 0 heterocycles. The Morgan fingerprint density at radius 3 is 2.17 bits per heavy atom. The minimum absolute atomic E-state index is 0.0119. The van der Waals surface area contributed by atoms with Gasteiger partial charge in [-0.05, 0) is 24.0 Å². The number of hydrogen-bond acceptors (Lipinski definition) is 5. The van der Waals surface area contributed by atoms with Crippen molar-refractivity contribution in [2.45, 2.75) is 15.5 Å². The highest BCUT2D eigenvalue weighted by Crippen LogP contribution is 2.34. The highest BCUT2D eigenvalue weighted by atomic mass is 35.7. The average molecular weight is 349 g/mol. The third kappa shape index (κ3) is 4.31. The highest BCUT2D eigenvalue weighted by molar-refractivity contribution is 8.13. The van der Waals surface area contributed by atoms with Gasteiger partial charge in [0.1, 0.15) is 0 Å². The third-order valence-corrected chi connectivity index (χ3v) is 5.53. The highest BCUT2D eigenvalue weighted by Gasteiger charge is 2.19. The number of halogens is 2. The van der Waals surface area contributed by atoms with Crippen molar-refractivity contribution >= 4 is 52.9 Å². The molecule has 102 valence electrons. The molecule has 1 aromatic carbocycles. The lowest BCUT2D eigenvalue weighted by atomic mass is 10.2. The zero-order valence-corrected chi connectivity index (χ0v) is 13.4. The summed E-state index contributed by atoms with van der Waals surface area (Å²) in [5.41, 5.74) is 0.244. The van der Waals surface area contributed by atoms with E-state index in [1.807, 2.05) is 0 Å². The van der Waals surface area contributed by atoms with Crippen LogP contribution in [0.15, 0.2) is 21.9 Å². The molecule has 0 bridgehead atoms. The number of rotatable bonds is 4. The molecule has 18 heavy (non-hydrogen) atoms. The lowest BCUT2D eigenvalue weighted by Crippen LogP contribution is -2.03. The van der Waals surface area contributed by atoms with Crippen LogP contribution in [0, 0.1) is 0 Å². The van der Waals surface area contributed by atoms with Crippen molar-refractivity contribution in [2.75, 3.05) is 12.5 Å². The van der Waals surface area contributed by atoms with Gasteiger partial charge in [0.05, 0.1) is 15.7 Å². The van der Waals surface area contributed by atoms with E-state index in [2.05, 4.69) is 0 Å². The molecule has 0 saturated carbocycles. The van der Waals surface area contributed by atoms with Gasteiger partial charge in [0.25, 0.3) is 0 Å². The first kappa shape index (κ1) is 16.1. The van der Waals surface area contributed by atoms with Crippen molar-refractivity contribution in [1.29, 1.82) is 0 Å². The molecule has 0 N–H and O–H groups in total. The maximum atomic E-state index is 11.6. The second kappa shape index (κ2) is 5.58. The maximum Gasteiger partial charge on any atom is 0.236 e. The molecule has 0 aromatic heterocycles. The summed E-state index contributed by atoms with van der Waals surface area (Å²) in [6.07, 6.45) is 2.73. The van der Waals surface area contributed by atoms with E-state index >= 15 is 0 Å². The summed E-state index contributed by atoms with van der Waals surface area (Å²) >= 11 is 7.13.